The number of amides is 2. The number of aromatic carboxylic acids is 1. The van der Waals surface area contributed by atoms with E-state index >= 15 is 0 Å². The number of fused-ring (bicyclic) bond motifs is 1. The van der Waals surface area contributed by atoms with E-state index in [1.807, 2.05) is 0 Å². The number of carboxylic acid groups (broad SMARTS) is 1. The fraction of sp³-hybridized carbons (Fsp3) is 0.538. The Hall–Kier alpha value is -2.18. The standard InChI is InChI=1S/C13H15N3O4/c1-15-10(9(6-14-15)13(19)20)16-11(17)7-4-2-3-5-8(7)12(16)18/h6-8H,2-5H2,1H3,(H,19,20). The lowest BCUT2D eigenvalue weighted by Crippen LogP contribution is -2.33. The minimum atomic E-state index is -1.19. The van der Waals surface area contributed by atoms with Gasteiger partial charge in [0.1, 0.15) is 5.56 Å². The summed E-state index contributed by atoms with van der Waals surface area (Å²) < 4.78 is 1.27. The van der Waals surface area contributed by atoms with Crippen LogP contribution in [0.2, 0.25) is 0 Å². The van der Waals surface area contributed by atoms with Crippen molar-refractivity contribution in [2.75, 3.05) is 4.90 Å². The van der Waals surface area contributed by atoms with Crippen molar-refractivity contribution in [3.05, 3.63) is 11.8 Å². The van der Waals surface area contributed by atoms with Gasteiger partial charge >= 0.3 is 5.97 Å². The van der Waals surface area contributed by atoms with Crippen molar-refractivity contribution >= 4 is 23.6 Å². The lowest BCUT2D eigenvalue weighted by atomic mass is 9.81. The number of anilines is 1. The third-order valence-corrected chi connectivity index (χ3v) is 4.19. The normalized spacial score (nSPS) is 25.9. The van der Waals surface area contributed by atoms with E-state index in [4.69, 9.17) is 5.11 Å². The number of hydrogen-bond donors (Lipinski definition) is 1. The molecule has 20 heavy (non-hydrogen) atoms. The van der Waals surface area contributed by atoms with Crippen molar-refractivity contribution in [3.8, 4) is 0 Å². The zero-order valence-electron chi connectivity index (χ0n) is 11.1. The first-order chi connectivity index (χ1) is 9.52. The summed E-state index contributed by atoms with van der Waals surface area (Å²) in [6.07, 6.45) is 4.44. The van der Waals surface area contributed by atoms with E-state index in [-0.39, 0.29) is 35.0 Å². The van der Waals surface area contributed by atoms with Crippen molar-refractivity contribution in [1.82, 2.24) is 9.78 Å². The predicted octanol–water partition coefficient (Wildman–Crippen LogP) is 0.798. The molecule has 0 spiro atoms. The number of aryl methyl sites for hydroxylation is 1. The van der Waals surface area contributed by atoms with Crippen molar-refractivity contribution in [2.45, 2.75) is 25.7 Å². The third kappa shape index (κ3) is 1.65. The van der Waals surface area contributed by atoms with Crippen LogP contribution in [0.15, 0.2) is 6.20 Å². The van der Waals surface area contributed by atoms with E-state index in [9.17, 15) is 14.4 Å². The summed E-state index contributed by atoms with van der Waals surface area (Å²) >= 11 is 0. The van der Waals surface area contributed by atoms with Gasteiger partial charge in [0.2, 0.25) is 11.8 Å². The maximum absolute atomic E-state index is 12.4. The fourth-order valence-electron chi connectivity index (χ4n) is 3.22. The van der Waals surface area contributed by atoms with Crippen LogP contribution in [0, 0.1) is 11.8 Å². The minimum Gasteiger partial charge on any atom is -0.477 e. The van der Waals surface area contributed by atoms with Gasteiger partial charge in [0, 0.05) is 7.05 Å². The van der Waals surface area contributed by atoms with Crippen LogP contribution in [0.3, 0.4) is 0 Å². The maximum Gasteiger partial charge on any atom is 0.341 e. The van der Waals surface area contributed by atoms with Crippen molar-refractivity contribution in [1.29, 1.82) is 0 Å². The zero-order valence-corrected chi connectivity index (χ0v) is 11.1. The topological polar surface area (TPSA) is 92.5 Å². The molecule has 2 heterocycles. The molecule has 0 bridgehead atoms. The number of imide groups is 1. The summed E-state index contributed by atoms with van der Waals surface area (Å²) in [7, 11) is 1.53. The second kappa shape index (κ2) is 4.43. The molecule has 2 fully saturated rings. The van der Waals surface area contributed by atoms with Gasteiger partial charge in [0.15, 0.2) is 5.82 Å². The molecule has 0 radical (unpaired) electrons. The number of nitrogens with zero attached hydrogens (tertiary/aromatic N) is 3. The smallest absolute Gasteiger partial charge is 0.341 e. The Bertz CT molecular complexity index is 583. The molecule has 2 amide bonds. The molecule has 1 aliphatic heterocycles. The Kier molecular flexibility index (Phi) is 2.84. The van der Waals surface area contributed by atoms with Gasteiger partial charge in [-0.1, -0.05) is 12.8 Å². The van der Waals surface area contributed by atoms with Gasteiger partial charge in [0.25, 0.3) is 0 Å². The highest BCUT2D eigenvalue weighted by Gasteiger charge is 2.50. The Morgan fingerprint density at radius 1 is 1.25 bits per heavy atom. The lowest BCUT2D eigenvalue weighted by molar-refractivity contribution is -0.122. The largest absolute Gasteiger partial charge is 0.477 e. The molecule has 0 aromatic carbocycles. The molecule has 2 atom stereocenters. The maximum atomic E-state index is 12.4. The van der Waals surface area contributed by atoms with E-state index in [0.29, 0.717) is 12.8 Å². The van der Waals surface area contributed by atoms with Gasteiger partial charge in [-0.25, -0.2) is 9.69 Å². The van der Waals surface area contributed by atoms with Crippen LogP contribution in [0.4, 0.5) is 5.82 Å². The predicted molar refractivity (Wildman–Crippen MR) is 68.1 cm³/mol. The van der Waals surface area contributed by atoms with E-state index in [1.165, 1.54) is 17.9 Å². The van der Waals surface area contributed by atoms with Gasteiger partial charge in [-0.2, -0.15) is 5.10 Å². The summed E-state index contributed by atoms with van der Waals surface area (Å²) in [5, 5.41) is 13.0. The molecule has 2 aliphatic rings. The Balaban J connectivity index is 2.06. The first kappa shape index (κ1) is 12.8. The van der Waals surface area contributed by atoms with Crippen LogP contribution in [0.5, 0.6) is 0 Å². The highest BCUT2D eigenvalue weighted by atomic mass is 16.4. The number of carbonyl (C=O) groups is 3. The summed E-state index contributed by atoms with van der Waals surface area (Å²) in [4.78, 5) is 37.1. The summed E-state index contributed by atoms with van der Waals surface area (Å²) in [6, 6.07) is 0. The van der Waals surface area contributed by atoms with Crippen molar-refractivity contribution in [2.24, 2.45) is 18.9 Å². The van der Waals surface area contributed by atoms with E-state index in [1.54, 1.807) is 0 Å². The summed E-state index contributed by atoms with van der Waals surface area (Å²) in [5.41, 5.74) is -0.118. The number of hydrogen-bond acceptors (Lipinski definition) is 4. The summed E-state index contributed by atoms with van der Waals surface area (Å²) in [6.45, 7) is 0. The van der Waals surface area contributed by atoms with E-state index < -0.39 is 5.97 Å². The molecule has 1 aliphatic carbocycles. The third-order valence-electron chi connectivity index (χ3n) is 4.19. The van der Waals surface area contributed by atoms with E-state index in [2.05, 4.69) is 5.10 Å². The highest BCUT2D eigenvalue weighted by molar-refractivity contribution is 6.23. The van der Waals surface area contributed by atoms with Crippen LogP contribution in [0.1, 0.15) is 36.0 Å². The monoisotopic (exact) mass is 277 g/mol. The van der Waals surface area contributed by atoms with Gasteiger partial charge in [-0.3, -0.25) is 14.3 Å². The second-order valence-corrected chi connectivity index (χ2v) is 5.32. The van der Waals surface area contributed by atoms with Crippen LogP contribution in [0.25, 0.3) is 0 Å². The first-order valence-corrected chi connectivity index (χ1v) is 6.65. The molecule has 1 aromatic heterocycles. The minimum absolute atomic E-state index is 0.0712. The number of rotatable bonds is 2. The SMILES string of the molecule is Cn1ncc(C(=O)O)c1N1C(=O)C2CCCCC2C1=O. The van der Waals surface area contributed by atoms with Gasteiger partial charge in [0.05, 0.1) is 18.0 Å². The van der Waals surface area contributed by atoms with Crippen LogP contribution < -0.4 is 4.90 Å². The zero-order chi connectivity index (χ0) is 14.4. The highest BCUT2D eigenvalue weighted by Crippen LogP contribution is 2.40. The van der Waals surface area contributed by atoms with E-state index in [0.717, 1.165) is 17.7 Å². The number of carbonyl (C=O) groups excluding carboxylic acids is 2. The van der Waals surface area contributed by atoms with Gasteiger partial charge < -0.3 is 5.11 Å². The average molecular weight is 277 g/mol. The quantitative estimate of drug-likeness (QED) is 0.807. The number of aromatic nitrogens is 2. The average Bonchev–Trinajstić information content (AvgIpc) is 2.91. The van der Waals surface area contributed by atoms with Crippen molar-refractivity contribution in [3.63, 3.8) is 0 Å². The molecule has 1 saturated heterocycles. The van der Waals surface area contributed by atoms with Gasteiger partial charge in [-0.05, 0) is 12.8 Å². The molecule has 1 aromatic rings. The molecule has 2 unspecified atom stereocenters. The molecule has 1 N–H and O–H groups in total. The molecular formula is C13H15N3O4. The second-order valence-electron chi connectivity index (χ2n) is 5.32. The first-order valence-electron chi connectivity index (χ1n) is 6.65. The molecule has 7 nitrogen and oxygen atoms in total. The van der Waals surface area contributed by atoms with Gasteiger partial charge in [-0.15, -0.1) is 0 Å². The molecule has 3 rings (SSSR count). The Labute approximate surface area is 115 Å². The van der Waals surface area contributed by atoms with Crippen LogP contribution in [-0.4, -0.2) is 32.7 Å². The Morgan fingerprint density at radius 2 is 1.80 bits per heavy atom. The Morgan fingerprint density at radius 3 is 2.30 bits per heavy atom. The lowest BCUT2D eigenvalue weighted by Gasteiger charge is -2.19. The molecular weight excluding hydrogens is 262 g/mol. The molecule has 106 valence electrons. The molecule has 1 saturated carbocycles. The fourth-order valence-corrected chi connectivity index (χ4v) is 3.22. The van der Waals surface area contributed by atoms with Crippen LogP contribution >= 0.6 is 0 Å². The van der Waals surface area contributed by atoms with Crippen LogP contribution in [-0.2, 0) is 16.6 Å². The van der Waals surface area contributed by atoms with Crippen molar-refractivity contribution < 1.29 is 19.5 Å². The number of carboxylic acids is 1. The summed E-state index contributed by atoms with van der Waals surface area (Å²) in [5.74, 6) is -2.29. The molecule has 7 heteroatoms.